The van der Waals surface area contributed by atoms with Gasteiger partial charge in [0.1, 0.15) is 5.54 Å². The van der Waals surface area contributed by atoms with Gasteiger partial charge in [0.2, 0.25) is 5.91 Å². The van der Waals surface area contributed by atoms with Gasteiger partial charge in [-0.3, -0.25) is 15.0 Å². The Morgan fingerprint density at radius 1 is 1.07 bits per heavy atom. The number of benzene rings is 1. The van der Waals surface area contributed by atoms with Crippen LogP contribution in [0.3, 0.4) is 0 Å². The number of esters is 1. The van der Waals surface area contributed by atoms with Gasteiger partial charge in [-0.15, -0.1) is 0 Å². The molecule has 3 rings (SSSR count). The van der Waals surface area contributed by atoms with E-state index < -0.39 is 5.54 Å². The standard InChI is InChI=1S/C22H31N3O3/c1-2-28-21(27)22(11-7-4-8-12-22)23-17-20(26)25-15-13-24(14-16-25)18-19-9-5-3-6-10-19/h2-3,5-6,9-10,23H,1,4,7-8,11-18H2. The Balaban J connectivity index is 1.48. The molecule has 0 atom stereocenters. The Morgan fingerprint density at radius 3 is 2.39 bits per heavy atom. The van der Waals surface area contributed by atoms with E-state index in [0.717, 1.165) is 52.0 Å². The fourth-order valence-corrected chi connectivity index (χ4v) is 4.15. The maximum absolute atomic E-state index is 12.7. The largest absolute Gasteiger partial charge is 0.434 e. The monoisotopic (exact) mass is 385 g/mol. The lowest BCUT2D eigenvalue weighted by Gasteiger charge is -2.37. The third-order valence-corrected chi connectivity index (χ3v) is 5.84. The van der Waals surface area contributed by atoms with Crippen molar-refractivity contribution in [3.05, 3.63) is 48.7 Å². The molecule has 1 aromatic carbocycles. The van der Waals surface area contributed by atoms with Crippen LogP contribution in [0.15, 0.2) is 43.2 Å². The van der Waals surface area contributed by atoms with Gasteiger partial charge in [0.25, 0.3) is 0 Å². The number of piperazine rings is 1. The molecule has 1 saturated carbocycles. The first-order valence-corrected chi connectivity index (χ1v) is 10.2. The smallest absolute Gasteiger partial charge is 0.331 e. The third kappa shape index (κ3) is 5.20. The van der Waals surface area contributed by atoms with Gasteiger partial charge < -0.3 is 9.64 Å². The molecule has 6 heteroatoms. The second kappa shape index (κ2) is 9.85. The zero-order chi connectivity index (χ0) is 19.8. The predicted molar refractivity (Wildman–Crippen MR) is 108 cm³/mol. The Kier molecular flexibility index (Phi) is 7.23. The first-order valence-electron chi connectivity index (χ1n) is 10.2. The summed E-state index contributed by atoms with van der Waals surface area (Å²) < 4.78 is 5.06. The number of hydrogen-bond acceptors (Lipinski definition) is 5. The van der Waals surface area contributed by atoms with Crippen molar-refractivity contribution in [3.8, 4) is 0 Å². The maximum atomic E-state index is 12.7. The molecule has 0 spiro atoms. The summed E-state index contributed by atoms with van der Waals surface area (Å²) in [4.78, 5) is 29.4. The van der Waals surface area contributed by atoms with Crippen molar-refractivity contribution in [2.24, 2.45) is 0 Å². The summed E-state index contributed by atoms with van der Waals surface area (Å²) in [6, 6.07) is 10.4. The molecule has 0 bridgehead atoms. The molecule has 152 valence electrons. The molecule has 1 aliphatic carbocycles. The van der Waals surface area contributed by atoms with E-state index in [2.05, 4.69) is 41.1 Å². The van der Waals surface area contributed by atoms with Crippen LogP contribution in [0, 0.1) is 0 Å². The maximum Gasteiger partial charge on any atom is 0.331 e. The zero-order valence-electron chi connectivity index (χ0n) is 16.6. The molecule has 1 heterocycles. The van der Waals surface area contributed by atoms with Gasteiger partial charge in [0, 0.05) is 32.7 Å². The van der Waals surface area contributed by atoms with Crippen LogP contribution >= 0.6 is 0 Å². The second-order valence-corrected chi connectivity index (χ2v) is 7.71. The van der Waals surface area contributed by atoms with Crippen molar-refractivity contribution in [2.75, 3.05) is 32.7 Å². The molecule has 1 amide bonds. The quantitative estimate of drug-likeness (QED) is 0.577. The summed E-state index contributed by atoms with van der Waals surface area (Å²) in [6.07, 6.45) is 5.63. The fraction of sp³-hybridized carbons (Fsp3) is 0.545. The lowest BCUT2D eigenvalue weighted by Crippen LogP contribution is -2.58. The Bertz CT molecular complexity index is 663. The average molecular weight is 386 g/mol. The number of rotatable bonds is 7. The molecule has 1 aliphatic heterocycles. The molecule has 2 aliphatic rings. The number of carbonyl (C=O) groups excluding carboxylic acids is 2. The first kappa shape index (κ1) is 20.6. The van der Waals surface area contributed by atoms with E-state index in [0.29, 0.717) is 12.8 Å². The second-order valence-electron chi connectivity index (χ2n) is 7.71. The van der Waals surface area contributed by atoms with Crippen LogP contribution in [-0.2, 0) is 20.9 Å². The van der Waals surface area contributed by atoms with E-state index in [-0.39, 0.29) is 18.4 Å². The molecule has 1 saturated heterocycles. The van der Waals surface area contributed by atoms with Gasteiger partial charge in [-0.1, -0.05) is 56.2 Å². The highest BCUT2D eigenvalue weighted by atomic mass is 16.5. The molecule has 6 nitrogen and oxygen atoms in total. The normalized spacial score (nSPS) is 19.8. The molecule has 1 N–H and O–H groups in total. The van der Waals surface area contributed by atoms with Gasteiger partial charge in [-0.2, -0.15) is 0 Å². The van der Waals surface area contributed by atoms with Crippen molar-refractivity contribution in [1.29, 1.82) is 0 Å². The van der Waals surface area contributed by atoms with Crippen LogP contribution in [0.1, 0.15) is 37.7 Å². The van der Waals surface area contributed by atoms with Crippen molar-refractivity contribution in [1.82, 2.24) is 15.1 Å². The van der Waals surface area contributed by atoms with E-state index in [9.17, 15) is 9.59 Å². The van der Waals surface area contributed by atoms with E-state index in [1.807, 2.05) is 11.0 Å². The van der Waals surface area contributed by atoms with Crippen molar-refractivity contribution < 1.29 is 14.3 Å². The van der Waals surface area contributed by atoms with Gasteiger partial charge in [0.05, 0.1) is 12.8 Å². The van der Waals surface area contributed by atoms with Crippen LogP contribution in [-0.4, -0.2) is 59.9 Å². The Morgan fingerprint density at radius 2 is 1.75 bits per heavy atom. The third-order valence-electron chi connectivity index (χ3n) is 5.84. The predicted octanol–water partition coefficient (Wildman–Crippen LogP) is 2.31. The van der Waals surface area contributed by atoms with E-state index >= 15 is 0 Å². The number of ether oxygens (including phenoxy) is 1. The topological polar surface area (TPSA) is 61.9 Å². The summed E-state index contributed by atoms with van der Waals surface area (Å²) in [6.45, 7) is 7.74. The Hall–Kier alpha value is -2.18. The summed E-state index contributed by atoms with van der Waals surface area (Å²) >= 11 is 0. The minimum atomic E-state index is -0.753. The lowest BCUT2D eigenvalue weighted by molar-refractivity contribution is -0.148. The van der Waals surface area contributed by atoms with Gasteiger partial charge >= 0.3 is 5.97 Å². The average Bonchev–Trinajstić information content (AvgIpc) is 2.74. The van der Waals surface area contributed by atoms with Crippen LogP contribution in [0.5, 0.6) is 0 Å². The zero-order valence-corrected chi connectivity index (χ0v) is 16.6. The van der Waals surface area contributed by atoms with Crippen molar-refractivity contribution in [2.45, 2.75) is 44.2 Å². The van der Waals surface area contributed by atoms with Crippen LogP contribution in [0.2, 0.25) is 0 Å². The molecular formula is C22H31N3O3. The van der Waals surface area contributed by atoms with Gasteiger partial charge in [-0.05, 0) is 18.4 Å². The molecule has 0 unspecified atom stereocenters. The van der Waals surface area contributed by atoms with Gasteiger partial charge in [0.15, 0.2) is 0 Å². The number of nitrogens with one attached hydrogen (secondary N) is 1. The van der Waals surface area contributed by atoms with E-state index in [1.54, 1.807) is 0 Å². The van der Waals surface area contributed by atoms with E-state index in [1.165, 1.54) is 11.8 Å². The Labute approximate surface area is 167 Å². The number of hydrogen-bond donors (Lipinski definition) is 1. The fourth-order valence-electron chi connectivity index (χ4n) is 4.15. The van der Waals surface area contributed by atoms with Crippen molar-refractivity contribution >= 4 is 11.9 Å². The number of amides is 1. The number of nitrogens with zero attached hydrogens (tertiary/aromatic N) is 2. The summed E-state index contributed by atoms with van der Waals surface area (Å²) in [5.74, 6) is -0.265. The lowest BCUT2D eigenvalue weighted by atomic mass is 9.81. The summed E-state index contributed by atoms with van der Waals surface area (Å²) in [7, 11) is 0. The summed E-state index contributed by atoms with van der Waals surface area (Å²) in [5.41, 5.74) is 0.543. The van der Waals surface area contributed by atoms with Crippen molar-refractivity contribution in [3.63, 3.8) is 0 Å². The highest BCUT2D eigenvalue weighted by Gasteiger charge is 2.41. The molecule has 2 fully saturated rings. The molecule has 0 radical (unpaired) electrons. The van der Waals surface area contributed by atoms with E-state index in [4.69, 9.17) is 4.74 Å². The highest BCUT2D eigenvalue weighted by molar-refractivity contribution is 5.84. The minimum absolute atomic E-state index is 0.0516. The molecule has 1 aromatic rings. The summed E-state index contributed by atoms with van der Waals surface area (Å²) in [5, 5.41) is 3.24. The molecular weight excluding hydrogens is 354 g/mol. The SMILES string of the molecule is C=COC(=O)C1(NCC(=O)N2CCN(Cc3ccccc3)CC2)CCCCC1. The molecule has 0 aromatic heterocycles. The van der Waals surface area contributed by atoms with Crippen LogP contribution in [0.4, 0.5) is 0 Å². The first-order chi connectivity index (χ1) is 13.6. The van der Waals surface area contributed by atoms with Crippen LogP contribution < -0.4 is 5.32 Å². The van der Waals surface area contributed by atoms with Gasteiger partial charge in [-0.25, -0.2) is 4.79 Å². The highest BCUT2D eigenvalue weighted by Crippen LogP contribution is 2.29. The minimum Gasteiger partial charge on any atom is -0.434 e. The molecule has 28 heavy (non-hydrogen) atoms. The number of carbonyl (C=O) groups is 2. The van der Waals surface area contributed by atoms with Crippen LogP contribution in [0.25, 0.3) is 0 Å².